The summed E-state index contributed by atoms with van der Waals surface area (Å²) in [5.74, 6) is -1.86. The maximum Gasteiger partial charge on any atom is 0.362 e. The molecule has 1 fully saturated rings. The molecule has 1 aromatic rings. The standard InChI is InChI=1S/C12H17O7P/c13-6-9-10(14)11(15)12(16)20(17,19-9)18-7-8-4-2-1-3-5-8/h1-5,9-16H,6-7H2/t9-,10+,11-,12+,20+/m1/s1. The van der Waals surface area contributed by atoms with E-state index in [-0.39, 0.29) is 6.61 Å². The molecule has 0 aromatic heterocycles. The average molecular weight is 304 g/mol. The van der Waals surface area contributed by atoms with Crippen molar-refractivity contribution in [2.75, 3.05) is 6.61 Å². The van der Waals surface area contributed by atoms with Crippen LogP contribution in [0, 0.1) is 0 Å². The summed E-state index contributed by atoms with van der Waals surface area (Å²) in [7, 11) is -4.05. The highest BCUT2D eigenvalue weighted by Gasteiger charge is 2.51. The fourth-order valence-electron chi connectivity index (χ4n) is 1.88. The lowest BCUT2D eigenvalue weighted by atomic mass is 10.1. The molecule has 7 nitrogen and oxygen atoms in total. The fourth-order valence-corrected chi connectivity index (χ4v) is 3.67. The number of hydrogen-bond acceptors (Lipinski definition) is 7. The van der Waals surface area contributed by atoms with E-state index in [1.807, 2.05) is 0 Å². The van der Waals surface area contributed by atoms with Crippen LogP contribution in [0.15, 0.2) is 30.3 Å². The third-order valence-corrected chi connectivity index (χ3v) is 5.08. The largest absolute Gasteiger partial charge is 0.394 e. The van der Waals surface area contributed by atoms with Crippen molar-refractivity contribution in [2.45, 2.75) is 30.8 Å². The van der Waals surface area contributed by atoms with Gasteiger partial charge in [-0.3, -0.25) is 9.09 Å². The lowest BCUT2D eigenvalue weighted by Crippen LogP contribution is -2.51. The highest BCUT2D eigenvalue weighted by molar-refractivity contribution is 7.54. The molecule has 20 heavy (non-hydrogen) atoms. The smallest absolute Gasteiger partial charge is 0.362 e. The highest BCUT2D eigenvalue weighted by Crippen LogP contribution is 2.58. The first-order chi connectivity index (χ1) is 9.48. The monoisotopic (exact) mass is 304 g/mol. The second-order valence-corrected chi connectivity index (χ2v) is 6.60. The first-order valence-electron chi connectivity index (χ1n) is 6.09. The summed E-state index contributed by atoms with van der Waals surface area (Å²) in [6.45, 7) is -0.736. The zero-order chi connectivity index (χ0) is 14.8. The van der Waals surface area contributed by atoms with Gasteiger partial charge in [0.05, 0.1) is 13.2 Å². The topological polar surface area (TPSA) is 116 Å². The van der Waals surface area contributed by atoms with Crippen LogP contribution in [-0.2, 0) is 20.2 Å². The van der Waals surface area contributed by atoms with Gasteiger partial charge >= 0.3 is 7.60 Å². The van der Waals surface area contributed by atoms with Gasteiger partial charge in [0.25, 0.3) is 0 Å². The molecule has 0 amide bonds. The highest BCUT2D eigenvalue weighted by atomic mass is 31.2. The van der Waals surface area contributed by atoms with Crippen molar-refractivity contribution in [1.29, 1.82) is 0 Å². The second kappa shape index (κ2) is 6.32. The van der Waals surface area contributed by atoms with Crippen LogP contribution in [0.3, 0.4) is 0 Å². The van der Waals surface area contributed by atoms with Crippen LogP contribution < -0.4 is 0 Å². The molecule has 0 radical (unpaired) electrons. The molecule has 1 aliphatic heterocycles. The summed E-state index contributed by atoms with van der Waals surface area (Å²) in [5.41, 5.74) is 0.708. The lowest BCUT2D eigenvalue weighted by molar-refractivity contribution is -0.125. The Morgan fingerprint density at radius 1 is 1.15 bits per heavy atom. The van der Waals surface area contributed by atoms with E-state index in [1.54, 1.807) is 30.3 Å². The van der Waals surface area contributed by atoms with Crippen LogP contribution in [0.5, 0.6) is 0 Å². The Kier molecular flexibility index (Phi) is 4.93. The maximum absolute atomic E-state index is 12.4. The Morgan fingerprint density at radius 2 is 1.80 bits per heavy atom. The number of benzene rings is 1. The zero-order valence-electron chi connectivity index (χ0n) is 10.6. The van der Waals surface area contributed by atoms with E-state index in [9.17, 15) is 19.9 Å². The summed E-state index contributed by atoms with van der Waals surface area (Å²) in [5, 5.41) is 38.0. The Balaban J connectivity index is 2.10. The van der Waals surface area contributed by atoms with E-state index in [2.05, 4.69) is 0 Å². The molecule has 1 aliphatic rings. The molecule has 0 bridgehead atoms. The zero-order valence-corrected chi connectivity index (χ0v) is 11.5. The van der Waals surface area contributed by atoms with Crippen LogP contribution in [0.2, 0.25) is 0 Å². The summed E-state index contributed by atoms with van der Waals surface area (Å²) in [6.07, 6.45) is -4.50. The fraction of sp³-hybridized carbons (Fsp3) is 0.500. The molecule has 112 valence electrons. The van der Waals surface area contributed by atoms with Crippen LogP contribution in [0.1, 0.15) is 5.56 Å². The van der Waals surface area contributed by atoms with Crippen molar-refractivity contribution in [3.63, 3.8) is 0 Å². The normalized spacial score (nSPS) is 37.8. The number of aliphatic hydroxyl groups is 4. The van der Waals surface area contributed by atoms with Crippen molar-refractivity contribution in [2.24, 2.45) is 0 Å². The van der Waals surface area contributed by atoms with E-state index >= 15 is 0 Å². The number of aliphatic hydroxyl groups excluding tert-OH is 4. The van der Waals surface area contributed by atoms with Crippen LogP contribution in [0.4, 0.5) is 0 Å². The molecule has 1 aromatic carbocycles. The van der Waals surface area contributed by atoms with Gasteiger partial charge in [-0.25, -0.2) is 0 Å². The Labute approximate surface area is 115 Å². The summed E-state index contributed by atoms with van der Waals surface area (Å²) in [6, 6.07) is 8.80. The van der Waals surface area contributed by atoms with Gasteiger partial charge in [0.15, 0.2) is 5.85 Å². The van der Waals surface area contributed by atoms with Gasteiger partial charge in [0, 0.05) is 0 Å². The van der Waals surface area contributed by atoms with E-state index < -0.39 is 38.4 Å². The van der Waals surface area contributed by atoms with Gasteiger partial charge in [-0.2, -0.15) is 0 Å². The van der Waals surface area contributed by atoms with E-state index in [0.29, 0.717) is 5.56 Å². The van der Waals surface area contributed by atoms with Crippen molar-refractivity contribution in [3.8, 4) is 0 Å². The van der Waals surface area contributed by atoms with Gasteiger partial charge in [0.1, 0.15) is 18.3 Å². The van der Waals surface area contributed by atoms with E-state index in [4.69, 9.17) is 14.2 Å². The van der Waals surface area contributed by atoms with Crippen molar-refractivity contribution in [3.05, 3.63) is 35.9 Å². The van der Waals surface area contributed by atoms with Gasteiger partial charge in [-0.05, 0) is 5.56 Å². The average Bonchev–Trinajstić information content (AvgIpc) is 2.48. The third kappa shape index (κ3) is 3.10. The van der Waals surface area contributed by atoms with Gasteiger partial charge < -0.3 is 24.9 Å². The van der Waals surface area contributed by atoms with Crippen molar-refractivity contribution < 1.29 is 34.0 Å². The SMILES string of the molecule is O=[P@@]1(OCc2ccccc2)O[C@H](CO)[C@H](O)[C@@H](O)[C@H]1O. The molecule has 2 rings (SSSR count). The molecule has 5 atom stereocenters. The predicted octanol–water partition coefficient (Wildman–Crippen LogP) is -0.172. The molecular formula is C12H17O7P. The van der Waals surface area contributed by atoms with Crippen molar-refractivity contribution in [1.82, 2.24) is 0 Å². The van der Waals surface area contributed by atoms with Crippen molar-refractivity contribution >= 4 is 7.60 Å². The molecular weight excluding hydrogens is 287 g/mol. The molecule has 4 N–H and O–H groups in total. The van der Waals surface area contributed by atoms with Crippen LogP contribution >= 0.6 is 7.60 Å². The van der Waals surface area contributed by atoms with Crippen LogP contribution in [-0.4, -0.2) is 51.2 Å². The molecule has 0 aliphatic carbocycles. The summed E-state index contributed by atoms with van der Waals surface area (Å²) >= 11 is 0. The minimum absolute atomic E-state index is 0.0872. The molecule has 1 saturated heterocycles. The molecule has 1 heterocycles. The van der Waals surface area contributed by atoms with E-state index in [0.717, 1.165) is 0 Å². The maximum atomic E-state index is 12.4. The number of hydrogen-bond donors (Lipinski definition) is 4. The third-order valence-electron chi connectivity index (χ3n) is 3.08. The lowest BCUT2D eigenvalue weighted by Gasteiger charge is -2.38. The summed E-state index contributed by atoms with van der Waals surface area (Å²) < 4.78 is 22.5. The van der Waals surface area contributed by atoms with Gasteiger partial charge in [-0.1, -0.05) is 30.3 Å². The predicted molar refractivity (Wildman–Crippen MR) is 68.8 cm³/mol. The quantitative estimate of drug-likeness (QED) is 0.570. The summed E-state index contributed by atoms with van der Waals surface area (Å²) in [4.78, 5) is 0. The molecule has 0 spiro atoms. The first-order valence-corrected chi connectivity index (χ1v) is 7.71. The van der Waals surface area contributed by atoms with E-state index in [1.165, 1.54) is 0 Å². The minimum atomic E-state index is -4.05. The number of rotatable bonds is 4. The Morgan fingerprint density at radius 3 is 2.40 bits per heavy atom. The van der Waals surface area contributed by atoms with Crippen LogP contribution in [0.25, 0.3) is 0 Å². The van der Waals surface area contributed by atoms with Gasteiger partial charge in [-0.15, -0.1) is 0 Å². The molecule has 0 unspecified atom stereocenters. The minimum Gasteiger partial charge on any atom is -0.394 e. The second-order valence-electron chi connectivity index (χ2n) is 4.52. The Hall–Kier alpha value is -0.790. The Bertz CT molecular complexity index is 478. The molecule has 8 heteroatoms. The molecule has 0 saturated carbocycles. The van der Waals surface area contributed by atoms with Gasteiger partial charge in [0.2, 0.25) is 0 Å². The first kappa shape index (κ1) is 15.6.